The molecule has 0 bridgehead atoms. The number of anilines is 1. The molecule has 1 unspecified atom stereocenters. The van der Waals surface area contributed by atoms with Gasteiger partial charge in [0.1, 0.15) is 23.2 Å². The smallest absolute Gasteiger partial charge is 0.257 e. The maximum Gasteiger partial charge on any atom is 0.257 e. The molecule has 0 radical (unpaired) electrons. The van der Waals surface area contributed by atoms with Crippen molar-refractivity contribution in [3.8, 4) is 0 Å². The second-order valence-corrected chi connectivity index (χ2v) is 7.32. The van der Waals surface area contributed by atoms with Gasteiger partial charge in [-0.05, 0) is 43.0 Å². The molecule has 0 saturated heterocycles. The standard InChI is InChI=1S/C22H25F2N3O3/c1-12(2)19(27-21(29)18-15(23)9-6-10-16(18)24)22(30)25-11-17(28)26-20-13(3)7-5-8-14(20)4/h5-10,12,19H,11H2,1-4H3,(H,25,30)(H,26,28)(H,27,29). The average molecular weight is 417 g/mol. The Bertz CT molecular complexity index is 920. The van der Waals surface area contributed by atoms with E-state index in [9.17, 15) is 23.2 Å². The number of nitrogens with one attached hydrogen (secondary N) is 3. The SMILES string of the molecule is Cc1cccc(C)c1NC(=O)CNC(=O)C(NC(=O)c1c(F)cccc1F)C(C)C. The molecule has 1 atom stereocenters. The van der Waals surface area contributed by atoms with Crippen LogP contribution in [-0.4, -0.2) is 30.3 Å². The molecule has 0 aliphatic carbocycles. The summed E-state index contributed by atoms with van der Waals surface area (Å²) < 4.78 is 27.7. The molecule has 8 heteroatoms. The van der Waals surface area contributed by atoms with Crippen molar-refractivity contribution in [1.29, 1.82) is 0 Å². The molecule has 3 N–H and O–H groups in total. The molecular weight excluding hydrogens is 392 g/mol. The van der Waals surface area contributed by atoms with E-state index < -0.39 is 41.0 Å². The van der Waals surface area contributed by atoms with E-state index in [0.717, 1.165) is 29.3 Å². The van der Waals surface area contributed by atoms with Gasteiger partial charge in [0.05, 0.1) is 6.54 Å². The Morgan fingerprint density at radius 2 is 1.47 bits per heavy atom. The summed E-state index contributed by atoms with van der Waals surface area (Å²) in [5.74, 6) is -4.54. The molecule has 6 nitrogen and oxygen atoms in total. The number of carbonyl (C=O) groups excluding carboxylic acids is 3. The van der Waals surface area contributed by atoms with E-state index in [-0.39, 0.29) is 12.5 Å². The Kier molecular flexibility index (Phi) is 7.63. The summed E-state index contributed by atoms with van der Waals surface area (Å²) in [6.45, 7) is 6.72. The number of para-hydroxylation sites is 1. The van der Waals surface area contributed by atoms with Gasteiger partial charge in [-0.15, -0.1) is 0 Å². The molecule has 0 heterocycles. The van der Waals surface area contributed by atoms with Crippen LogP contribution >= 0.6 is 0 Å². The maximum atomic E-state index is 13.8. The van der Waals surface area contributed by atoms with Crippen molar-refractivity contribution in [1.82, 2.24) is 10.6 Å². The van der Waals surface area contributed by atoms with Gasteiger partial charge in [0.15, 0.2) is 0 Å². The van der Waals surface area contributed by atoms with Crippen LogP contribution < -0.4 is 16.0 Å². The van der Waals surface area contributed by atoms with Crippen molar-refractivity contribution < 1.29 is 23.2 Å². The first kappa shape index (κ1) is 23.0. The molecule has 0 fully saturated rings. The van der Waals surface area contributed by atoms with Crippen LogP contribution in [0.15, 0.2) is 36.4 Å². The lowest BCUT2D eigenvalue weighted by Gasteiger charge is -2.22. The van der Waals surface area contributed by atoms with E-state index in [4.69, 9.17) is 0 Å². The summed E-state index contributed by atoms with van der Waals surface area (Å²) in [7, 11) is 0. The summed E-state index contributed by atoms with van der Waals surface area (Å²) in [4.78, 5) is 37.1. The molecule has 0 spiro atoms. The normalized spacial score (nSPS) is 11.7. The maximum absolute atomic E-state index is 13.8. The molecule has 160 valence electrons. The van der Waals surface area contributed by atoms with Gasteiger partial charge in [-0.25, -0.2) is 8.78 Å². The van der Waals surface area contributed by atoms with Crippen LogP contribution in [0.25, 0.3) is 0 Å². The Hall–Kier alpha value is -3.29. The van der Waals surface area contributed by atoms with Crippen molar-refractivity contribution >= 4 is 23.4 Å². The quantitative estimate of drug-likeness (QED) is 0.647. The average Bonchev–Trinajstić information content (AvgIpc) is 2.67. The molecule has 0 aromatic heterocycles. The van der Waals surface area contributed by atoms with Gasteiger partial charge in [-0.1, -0.05) is 38.1 Å². The van der Waals surface area contributed by atoms with Crippen molar-refractivity contribution in [2.24, 2.45) is 5.92 Å². The van der Waals surface area contributed by atoms with E-state index >= 15 is 0 Å². The molecule has 0 aliphatic heterocycles. The van der Waals surface area contributed by atoms with E-state index in [1.54, 1.807) is 13.8 Å². The van der Waals surface area contributed by atoms with Gasteiger partial charge in [0, 0.05) is 5.69 Å². The third kappa shape index (κ3) is 5.62. The van der Waals surface area contributed by atoms with Gasteiger partial charge in [-0.2, -0.15) is 0 Å². The second kappa shape index (κ2) is 9.96. The van der Waals surface area contributed by atoms with Gasteiger partial charge < -0.3 is 16.0 Å². The van der Waals surface area contributed by atoms with Gasteiger partial charge in [0.25, 0.3) is 5.91 Å². The highest BCUT2D eigenvalue weighted by Gasteiger charge is 2.27. The fourth-order valence-electron chi connectivity index (χ4n) is 2.94. The predicted octanol–water partition coefficient (Wildman–Crippen LogP) is 3.09. The lowest BCUT2D eigenvalue weighted by Crippen LogP contribution is -2.51. The highest BCUT2D eigenvalue weighted by atomic mass is 19.1. The molecule has 2 rings (SSSR count). The summed E-state index contributed by atoms with van der Waals surface area (Å²) in [5, 5.41) is 7.54. The van der Waals surface area contributed by atoms with E-state index in [1.807, 2.05) is 32.0 Å². The minimum Gasteiger partial charge on any atom is -0.345 e. The lowest BCUT2D eigenvalue weighted by atomic mass is 10.0. The Morgan fingerprint density at radius 3 is 2.00 bits per heavy atom. The van der Waals surface area contributed by atoms with Crippen LogP contribution in [0.4, 0.5) is 14.5 Å². The zero-order valence-corrected chi connectivity index (χ0v) is 17.3. The molecule has 0 saturated carbocycles. The predicted molar refractivity (Wildman–Crippen MR) is 110 cm³/mol. The Morgan fingerprint density at radius 1 is 0.933 bits per heavy atom. The van der Waals surface area contributed by atoms with Crippen LogP contribution in [0.5, 0.6) is 0 Å². The van der Waals surface area contributed by atoms with E-state index in [0.29, 0.717) is 5.69 Å². The number of benzene rings is 2. The second-order valence-electron chi connectivity index (χ2n) is 7.32. The fourth-order valence-corrected chi connectivity index (χ4v) is 2.94. The highest BCUT2D eigenvalue weighted by Crippen LogP contribution is 2.19. The minimum absolute atomic E-state index is 0.320. The number of amides is 3. The molecule has 0 aliphatic rings. The van der Waals surface area contributed by atoms with Gasteiger partial charge >= 0.3 is 0 Å². The lowest BCUT2D eigenvalue weighted by molar-refractivity contribution is -0.126. The van der Waals surface area contributed by atoms with Crippen molar-refractivity contribution in [2.75, 3.05) is 11.9 Å². The number of halogens is 2. The highest BCUT2D eigenvalue weighted by molar-refractivity contribution is 5.99. The largest absolute Gasteiger partial charge is 0.345 e. The third-order valence-electron chi connectivity index (χ3n) is 4.59. The fraction of sp³-hybridized carbons (Fsp3) is 0.318. The molecule has 2 aromatic carbocycles. The first-order chi connectivity index (χ1) is 14.1. The molecule has 30 heavy (non-hydrogen) atoms. The Labute approximate surface area is 174 Å². The van der Waals surface area contributed by atoms with Crippen LogP contribution in [0.1, 0.15) is 35.3 Å². The number of carbonyl (C=O) groups is 3. The van der Waals surface area contributed by atoms with Crippen molar-refractivity contribution in [3.63, 3.8) is 0 Å². The summed E-state index contributed by atoms with van der Waals surface area (Å²) in [5.41, 5.74) is 1.67. The van der Waals surface area contributed by atoms with Crippen LogP contribution in [-0.2, 0) is 9.59 Å². The van der Waals surface area contributed by atoms with Crippen LogP contribution in [0.2, 0.25) is 0 Å². The molecule has 3 amide bonds. The number of aryl methyl sites for hydroxylation is 2. The zero-order valence-electron chi connectivity index (χ0n) is 17.3. The summed E-state index contributed by atoms with van der Waals surface area (Å²) >= 11 is 0. The first-order valence-electron chi connectivity index (χ1n) is 9.50. The molecule has 2 aromatic rings. The number of rotatable bonds is 7. The Balaban J connectivity index is 2.02. The zero-order chi connectivity index (χ0) is 22.4. The van der Waals surface area contributed by atoms with Crippen molar-refractivity contribution in [3.05, 3.63) is 64.7 Å². The van der Waals surface area contributed by atoms with Gasteiger partial charge in [-0.3, -0.25) is 14.4 Å². The summed E-state index contributed by atoms with van der Waals surface area (Å²) in [6, 6.07) is 7.56. The number of hydrogen-bond acceptors (Lipinski definition) is 3. The van der Waals surface area contributed by atoms with Crippen LogP contribution in [0, 0.1) is 31.4 Å². The molecular formula is C22H25F2N3O3. The van der Waals surface area contributed by atoms with E-state index in [1.165, 1.54) is 0 Å². The summed E-state index contributed by atoms with van der Waals surface area (Å²) in [6.07, 6.45) is 0. The third-order valence-corrected chi connectivity index (χ3v) is 4.59. The first-order valence-corrected chi connectivity index (χ1v) is 9.50. The minimum atomic E-state index is -1.08. The van der Waals surface area contributed by atoms with Crippen LogP contribution in [0.3, 0.4) is 0 Å². The van der Waals surface area contributed by atoms with Crippen molar-refractivity contribution in [2.45, 2.75) is 33.7 Å². The number of hydrogen-bond donors (Lipinski definition) is 3. The topological polar surface area (TPSA) is 87.3 Å². The van der Waals surface area contributed by atoms with E-state index in [2.05, 4.69) is 16.0 Å². The monoisotopic (exact) mass is 417 g/mol. The van der Waals surface area contributed by atoms with Gasteiger partial charge in [0.2, 0.25) is 11.8 Å².